The maximum Gasteiger partial charge on any atom is 0.230 e. The first-order valence-corrected chi connectivity index (χ1v) is 6.58. The van der Waals surface area contributed by atoms with E-state index in [1.807, 2.05) is 19.1 Å². The third-order valence-corrected chi connectivity index (χ3v) is 3.57. The zero-order chi connectivity index (χ0) is 13.7. The molecular weight excluding hydrogens is 224 g/mol. The number of nitrogens with two attached hydrogens (primary N) is 1. The van der Waals surface area contributed by atoms with Crippen LogP contribution >= 0.6 is 0 Å². The summed E-state index contributed by atoms with van der Waals surface area (Å²) in [4.78, 5) is 13.7. The molecule has 0 saturated carbocycles. The van der Waals surface area contributed by atoms with E-state index in [-0.39, 0.29) is 11.8 Å². The summed E-state index contributed by atoms with van der Waals surface area (Å²) in [5, 5.41) is 0. The van der Waals surface area contributed by atoms with Crippen LogP contribution in [0.2, 0.25) is 0 Å². The topological polar surface area (TPSA) is 46.3 Å². The molecular formula is C15H24N2O. The van der Waals surface area contributed by atoms with Crippen molar-refractivity contribution in [2.75, 3.05) is 18.5 Å². The fourth-order valence-electron chi connectivity index (χ4n) is 1.82. The van der Waals surface area contributed by atoms with Crippen LogP contribution in [-0.2, 0) is 4.79 Å². The fraction of sp³-hybridized carbons (Fsp3) is 0.533. The predicted octanol–water partition coefficient (Wildman–Crippen LogP) is 2.76. The largest absolute Gasteiger partial charge is 0.330 e. The lowest BCUT2D eigenvalue weighted by atomic mass is 9.98. The van der Waals surface area contributed by atoms with Gasteiger partial charge in [0.25, 0.3) is 0 Å². The molecule has 0 heterocycles. The average molecular weight is 248 g/mol. The van der Waals surface area contributed by atoms with Gasteiger partial charge in [0.05, 0.1) is 0 Å². The predicted molar refractivity (Wildman–Crippen MR) is 76.8 cm³/mol. The molecule has 0 saturated heterocycles. The molecule has 1 aromatic rings. The molecule has 2 unspecified atom stereocenters. The lowest BCUT2D eigenvalue weighted by molar-refractivity contribution is -0.121. The number of hydrogen-bond donors (Lipinski definition) is 1. The molecule has 3 nitrogen and oxygen atoms in total. The van der Waals surface area contributed by atoms with E-state index in [2.05, 4.69) is 26.0 Å². The van der Waals surface area contributed by atoms with Gasteiger partial charge in [-0.2, -0.15) is 0 Å². The third-order valence-electron chi connectivity index (χ3n) is 3.57. The Balaban J connectivity index is 2.82. The number of nitrogens with zero attached hydrogens (tertiary/aromatic N) is 1. The molecule has 3 heteroatoms. The van der Waals surface area contributed by atoms with Crippen molar-refractivity contribution in [3.8, 4) is 0 Å². The van der Waals surface area contributed by atoms with Crippen LogP contribution in [0.3, 0.4) is 0 Å². The van der Waals surface area contributed by atoms with Crippen molar-refractivity contribution in [1.29, 1.82) is 0 Å². The van der Waals surface area contributed by atoms with E-state index in [1.54, 1.807) is 11.9 Å². The number of carbonyl (C=O) groups is 1. The number of anilines is 1. The van der Waals surface area contributed by atoms with Crippen molar-refractivity contribution in [1.82, 2.24) is 0 Å². The molecule has 0 spiro atoms. The van der Waals surface area contributed by atoms with Gasteiger partial charge in [0.1, 0.15) is 0 Å². The number of benzene rings is 1. The Bertz CT molecular complexity index is 386. The summed E-state index contributed by atoms with van der Waals surface area (Å²) < 4.78 is 0. The van der Waals surface area contributed by atoms with Crippen LogP contribution in [0, 0.1) is 5.92 Å². The highest BCUT2D eigenvalue weighted by Gasteiger charge is 2.17. The van der Waals surface area contributed by atoms with E-state index in [4.69, 9.17) is 5.73 Å². The van der Waals surface area contributed by atoms with Crippen LogP contribution in [0.25, 0.3) is 0 Å². The highest BCUT2D eigenvalue weighted by molar-refractivity contribution is 5.94. The quantitative estimate of drug-likeness (QED) is 0.871. The molecule has 2 atom stereocenters. The van der Waals surface area contributed by atoms with Crippen LogP contribution in [0.4, 0.5) is 5.69 Å². The molecule has 1 aromatic carbocycles. The molecule has 2 N–H and O–H groups in total. The van der Waals surface area contributed by atoms with Crippen molar-refractivity contribution < 1.29 is 4.79 Å². The van der Waals surface area contributed by atoms with Crippen molar-refractivity contribution in [2.45, 2.75) is 33.1 Å². The molecule has 100 valence electrons. The first kappa shape index (κ1) is 14.7. The van der Waals surface area contributed by atoms with Gasteiger partial charge in [-0.05, 0) is 30.0 Å². The van der Waals surface area contributed by atoms with Crippen LogP contribution < -0.4 is 10.6 Å². The third kappa shape index (κ3) is 3.33. The normalized spacial score (nSPS) is 14.1. The van der Waals surface area contributed by atoms with Crippen LogP contribution in [-0.4, -0.2) is 19.5 Å². The van der Waals surface area contributed by atoms with E-state index in [9.17, 15) is 4.79 Å². The average Bonchev–Trinajstić information content (AvgIpc) is 2.44. The van der Waals surface area contributed by atoms with Crippen molar-refractivity contribution >= 4 is 11.6 Å². The van der Waals surface area contributed by atoms with Gasteiger partial charge in [0, 0.05) is 25.2 Å². The van der Waals surface area contributed by atoms with E-state index < -0.39 is 0 Å². The van der Waals surface area contributed by atoms with Crippen LogP contribution in [0.15, 0.2) is 24.3 Å². The highest BCUT2D eigenvalue weighted by atomic mass is 16.2. The Morgan fingerprint density at radius 3 is 2.28 bits per heavy atom. The van der Waals surface area contributed by atoms with Crippen molar-refractivity contribution in [2.24, 2.45) is 11.7 Å². The molecule has 1 rings (SSSR count). The van der Waals surface area contributed by atoms with E-state index in [0.717, 1.165) is 12.1 Å². The molecule has 1 amide bonds. The molecule has 0 aliphatic rings. The second kappa shape index (κ2) is 6.55. The van der Waals surface area contributed by atoms with E-state index in [0.29, 0.717) is 12.5 Å². The molecule has 18 heavy (non-hydrogen) atoms. The second-order valence-electron chi connectivity index (χ2n) is 4.93. The molecule has 0 bridgehead atoms. The maximum absolute atomic E-state index is 12.0. The molecule has 0 radical (unpaired) electrons. The maximum atomic E-state index is 12.0. The summed E-state index contributed by atoms with van der Waals surface area (Å²) in [5.41, 5.74) is 7.76. The Hall–Kier alpha value is -1.35. The Kier molecular flexibility index (Phi) is 5.35. The zero-order valence-electron chi connectivity index (χ0n) is 11.8. The second-order valence-corrected chi connectivity index (χ2v) is 4.93. The van der Waals surface area contributed by atoms with Crippen LogP contribution in [0.5, 0.6) is 0 Å². The van der Waals surface area contributed by atoms with E-state index >= 15 is 0 Å². The van der Waals surface area contributed by atoms with Gasteiger partial charge >= 0.3 is 0 Å². The summed E-state index contributed by atoms with van der Waals surface area (Å²) >= 11 is 0. The van der Waals surface area contributed by atoms with Gasteiger partial charge in [-0.25, -0.2) is 0 Å². The Morgan fingerprint density at radius 1 is 1.28 bits per heavy atom. The number of rotatable bonds is 5. The van der Waals surface area contributed by atoms with E-state index in [1.165, 1.54) is 5.56 Å². The standard InChI is InChI=1S/C15H24N2O/c1-5-11(2)13-6-8-14(9-7-13)17(4)15(18)12(3)10-16/h6-9,11-12H,5,10,16H2,1-4H3. The van der Waals surface area contributed by atoms with Gasteiger partial charge in [-0.3, -0.25) is 4.79 Å². The lowest BCUT2D eigenvalue weighted by Crippen LogP contribution is -2.35. The summed E-state index contributed by atoms with van der Waals surface area (Å²) in [7, 11) is 1.80. The van der Waals surface area contributed by atoms with Gasteiger partial charge < -0.3 is 10.6 Å². The first-order chi connectivity index (χ1) is 8.51. The molecule has 0 fully saturated rings. The minimum Gasteiger partial charge on any atom is -0.330 e. The Labute approximate surface area is 110 Å². The highest BCUT2D eigenvalue weighted by Crippen LogP contribution is 2.22. The number of amides is 1. The first-order valence-electron chi connectivity index (χ1n) is 6.58. The minimum absolute atomic E-state index is 0.0637. The lowest BCUT2D eigenvalue weighted by Gasteiger charge is -2.21. The number of hydrogen-bond acceptors (Lipinski definition) is 2. The zero-order valence-corrected chi connectivity index (χ0v) is 11.8. The van der Waals surface area contributed by atoms with Crippen LogP contribution in [0.1, 0.15) is 38.7 Å². The Morgan fingerprint density at radius 2 is 1.83 bits per heavy atom. The van der Waals surface area contributed by atoms with Gasteiger partial charge in [-0.15, -0.1) is 0 Å². The molecule has 0 aromatic heterocycles. The molecule has 0 aliphatic carbocycles. The summed E-state index contributed by atoms with van der Waals surface area (Å²) in [6.07, 6.45) is 1.12. The smallest absolute Gasteiger partial charge is 0.230 e. The van der Waals surface area contributed by atoms with Gasteiger partial charge in [0.2, 0.25) is 5.91 Å². The van der Waals surface area contributed by atoms with Gasteiger partial charge in [-0.1, -0.05) is 32.9 Å². The fourth-order valence-corrected chi connectivity index (χ4v) is 1.82. The van der Waals surface area contributed by atoms with Crippen molar-refractivity contribution in [3.63, 3.8) is 0 Å². The summed E-state index contributed by atoms with van der Waals surface area (Å²) in [6.45, 7) is 6.62. The summed E-state index contributed by atoms with van der Waals surface area (Å²) in [5.74, 6) is 0.487. The van der Waals surface area contributed by atoms with Gasteiger partial charge in [0.15, 0.2) is 0 Å². The van der Waals surface area contributed by atoms with Crippen molar-refractivity contribution in [3.05, 3.63) is 29.8 Å². The number of carbonyl (C=O) groups excluding carboxylic acids is 1. The SMILES string of the molecule is CCC(C)c1ccc(N(C)C(=O)C(C)CN)cc1. The summed E-state index contributed by atoms with van der Waals surface area (Å²) in [6, 6.07) is 8.20. The monoisotopic (exact) mass is 248 g/mol. The molecule has 0 aliphatic heterocycles. The minimum atomic E-state index is -0.135.